The van der Waals surface area contributed by atoms with E-state index in [9.17, 15) is 9.59 Å². The van der Waals surface area contributed by atoms with Gasteiger partial charge in [0.1, 0.15) is 18.0 Å². The third kappa shape index (κ3) is 4.42. The monoisotopic (exact) mass is 330 g/mol. The smallest absolute Gasteiger partial charge is 0.271 e. The van der Waals surface area contributed by atoms with Gasteiger partial charge in [-0.05, 0) is 19.1 Å². The maximum Gasteiger partial charge on any atom is 0.271 e. The molecule has 0 spiro atoms. The van der Waals surface area contributed by atoms with Gasteiger partial charge in [0.05, 0.1) is 25.5 Å². The number of methoxy groups -OCH3 is 1. The lowest BCUT2D eigenvalue weighted by atomic mass is 10.3. The zero-order chi connectivity index (χ0) is 17.5. The van der Waals surface area contributed by atoms with Crippen molar-refractivity contribution in [2.75, 3.05) is 13.7 Å². The minimum Gasteiger partial charge on any atom is -0.493 e. The summed E-state index contributed by atoms with van der Waals surface area (Å²) in [6, 6.07) is 6.96. The van der Waals surface area contributed by atoms with E-state index in [2.05, 4.69) is 15.3 Å². The molecule has 0 aliphatic rings. The number of para-hydroxylation sites is 2. The number of ether oxygens (including phenoxy) is 2. The highest BCUT2D eigenvalue weighted by atomic mass is 16.5. The fourth-order valence-electron chi connectivity index (χ4n) is 1.86. The van der Waals surface area contributed by atoms with Gasteiger partial charge in [-0.25, -0.2) is 9.97 Å². The lowest BCUT2D eigenvalue weighted by Gasteiger charge is -2.16. The van der Waals surface area contributed by atoms with Crippen LogP contribution in [0, 0.1) is 0 Å². The summed E-state index contributed by atoms with van der Waals surface area (Å²) >= 11 is 0. The maximum atomic E-state index is 12.1. The Morgan fingerprint density at radius 1 is 1.17 bits per heavy atom. The maximum absolute atomic E-state index is 12.1. The van der Waals surface area contributed by atoms with Crippen LogP contribution in [-0.4, -0.2) is 41.5 Å². The summed E-state index contributed by atoms with van der Waals surface area (Å²) in [6.07, 6.45) is 2.36. The standard InChI is InChI=1S/C16H18N4O4/c1-10(9-24-14-6-4-3-5-13(14)23-2)20-16(22)12-8-18-11(7-19-12)15(17)21/h3-8,10H,9H2,1-2H3,(H2,17,21)(H,20,22). The van der Waals surface area contributed by atoms with Crippen molar-refractivity contribution in [1.29, 1.82) is 0 Å². The van der Waals surface area contributed by atoms with Crippen LogP contribution in [-0.2, 0) is 0 Å². The van der Waals surface area contributed by atoms with Crippen molar-refractivity contribution in [3.8, 4) is 11.5 Å². The van der Waals surface area contributed by atoms with Crippen LogP contribution in [0.2, 0.25) is 0 Å². The second-order valence-electron chi connectivity index (χ2n) is 4.99. The summed E-state index contributed by atoms with van der Waals surface area (Å²) in [6.45, 7) is 2.04. The molecule has 0 aliphatic carbocycles. The normalized spacial score (nSPS) is 11.4. The lowest BCUT2D eigenvalue weighted by Crippen LogP contribution is -2.37. The van der Waals surface area contributed by atoms with Gasteiger partial charge >= 0.3 is 0 Å². The van der Waals surface area contributed by atoms with Crippen molar-refractivity contribution in [1.82, 2.24) is 15.3 Å². The third-order valence-corrected chi connectivity index (χ3v) is 3.07. The quantitative estimate of drug-likeness (QED) is 0.775. The molecule has 2 rings (SSSR count). The van der Waals surface area contributed by atoms with E-state index in [0.717, 1.165) is 6.20 Å². The van der Waals surface area contributed by atoms with Crippen LogP contribution in [0.4, 0.5) is 0 Å². The number of nitrogens with zero attached hydrogens (tertiary/aromatic N) is 2. The van der Waals surface area contributed by atoms with Gasteiger partial charge in [-0.1, -0.05) is 12.1 Å². The molecule has 0 radical (unpaired) electrons. The van der Waals surface area contributed by atoms with E-state index in [1.54, 1.807) is 26.2 Å². The summed E-state index contributed by atoms with van der Waals surface area (Å²) in [7, 11) is 1.56. The summed E-state index contributed by atoms with van der Waals surface area (Å²) in [5, 5.41) is 2.73. The number of amides is 2. The second kappa shape index (κ2) is 7.91. The number of aromatic nitrogens is 2. The minimum atomic E-state index is -0.701. The van der Waals surface area contributed by atoms with Gasteiger partial charge in [-0.15, -0.1) is 0 Å². The molecule has 8 heteroatoms. The Bertz CT molecular complexity index is 718. The Balaban J connectivity index is 1.90. The van der Waals surface area contributed by atoms with E-state index in [-0.39, 0.29) is 24.0 Å². The van der Waals surface area contributed by atoms with E-state index >= 15 is 0 Å². The Kier molecular flexibility index (Phi) is 5.67. The molecule has 0 bridgehead atoms. The summed E-state index contributed by atoms with van der Waals surface area (Å²) in [5.74, 6) is 0.0818. The Morgan fingerprint density at radius 3 is 2.38 bits per heavy atom. The molecule has 1 atom stereocenters. The fourth-order valence-corrected chi connectivity index (χ4v) is 1.86. The highest BCUT2D eigenvalue weighted by Crippen LogP contribution is 2.25. The summed E-state index contributed by atoms with van der Waals surface area (Å²) < 4.78 is 10.8. The summed E-state index contributed by atoms with van der Waals surface area (Å²) in [5.41, 5.74) is 5.16. The molecule has 1 aromatic heterocycles. The van der Waals surface area contributed by atoms with E-state index in [4.69, 9.17) is 15.2 Å². The predicted octanol–water partition coefficient (Wildman–Crippen LogP) is 0.781. The van der Waals surface area contributed by atoms with Crippen molar-refractivity contribution in [2.24, 2.45) is 5.73 Å². The zero-order valence-corrected chi connectivity index (χ0v) is 13.4. The number of nitrogens with two attached hydrogens (primary N) is 1. The van der Waals surface area contributed by atoms with E-state index in [1.165, 1.54) is 6.20 Å². The highest BCUT2D eigenvalue weighted by molar-refractivity contribution is 5.93. The number of carbonyl (C=O) groups excluding carboxylic acids is 2. The molecule has 3 N–H and O–H groups in total. The van der Waals surface area contributed by atoms with Crippen LogP contribution in [0.1, 0.15) is 27.9 Å². The molecule has 8 nitrogen and oxygen atoms in total. The molecule has 2 aromatic rings. The van der Waals surface area contributed by atoms with Gasteiger partial charge < -0.3 is 20.5 Å². The molecule has 1 unspecified atom stereocenters. The third-order valence-electron chi connectivity index (χ3n) is 3.07. The van der Waals surface area contributed by atoms with Crippen LogP contribution < -0.4 is 20.5 Å². The van der Waals surface area contributed by atoms with Crippen LogP contribution in [0.5, 0.6) is 11.5 Å². The van der Waals surface area contributed by atoms with Gasteiger partial charge in [-0.2, -0.15) is 0 Å². The first-order chi connectivity index (χ1) is 11.5. The van der Waals surface area contributed by atoms with Crippen molar-refractivity contribution < 1.29 is 19.1 Å². The van der Waals surface area contributed by atoms with Crippen LogP contribution in [0.25, 0.3) is 0 Å². The number of nitrogens with one attached hydrogen (secondary N) is 1. The number of rotatable bonds is 7. The molecular formula is C16H18N4O4. The predicted molar refractivity (Wildman–Crippen MR) is 86.0 cm³/mol. The first kappa shape index (κ1) is 17.2. The van der Waals surface area contributed by atoms with Crippen molar-refractivity contribution in [2.45, 2.75) is 13.0 Å². The van der Waals surface area contributed by atoms with E-state index < -0.39 is 11.8 Å². The molecule has 1 heterocycles. The van der Waals surface area contributed by atoms with Gasteiger partial charge in [-0.3, -0.25) is 9.59 Å². The highest BCUT2D eigenvalue weighted by Gasteiger charge is 2.14. The Morgan fingerprint density at radius 2 is 1.79 bits per heavy atom. The molecule has 126 valence electrons. The molecule has 2 amide bonds. The average Bonchev–Trinajstić information content (AvgIpc) is 2.60. The minimum absolute atomic E-state index is 0.000829. The molecule has 1 aromatic carbocycles. The molecule has 0 saturated carbocycles. The molecule has 0 fully saturated rings. The molecular weight excluding hydrogens is 312 g/mol. The average molecular weight is 330 g/mol. The van der Waals surface area contributed by atoms with Crippen molar-refractivity contribution in [3.05, 3.63) is 48.0 Å². The first-order valence-electron chi connectivity index (χ1n) is 7.19. The molecule has 0 saturated heterocycles. The largest absolute Gasteiger partial charge is 0.493 e. The topological polar surface area (TPSA) is 116 Å². The van der Waals surface area contributed by atoms with Crippen molar-refractivity contribution in [3.63, 3.8) is 0 Å². The first-order valence-corrected chi connectivity index (χ1v) is 7.19. The van der Waals surface area contributed by atoms with E-state index in [0.29, 0.717) is 11.5 Å². The van der Waals surface area contributed by atoms with E-state index in [1.807, 2.05) is 12.1 Å². The molecule has 24 heavy (non-hydrogen) atoms. The van der Waals surface area contributed by atoms with Crippen LogP contribution in [0.15, 0.2) is 36.7 Å². The van der Waals surface area contributed by atoms with Gasteiger partial charge in [0, 0.05) is 0 Å². The zero-order valence-electron chi connectivity index (χ0n) is 13.4. The summed E-state index contributed by atoms with van der Waals surface area (Å²) in [4.78, 5) is 30.6. The SMILES string of the molecule is COc1ccccc1OCC(C)NC(=O)c1cnc(C(N)=O)cn1. The number of hydrogen-bond acceptors (Lipinski definition) is 6. The van der Waals surface area contributed by atoms with Gasteiger partial charge in [0.15, 0.2) is 11.5 Å². The Labute approximate surface area is 139 Å². The van der Waals surface area contributed by atoms with Crippen LogP contribution in [0.3, 0.4) is 0 Å². The molecule has 0 aliphatic heterocycles. The van der Waals surface area contributed by atoms with Crippen molar-refractivity contribution >= 4 is 11.8 Å². The lowest BCUT2D eigenvalue weighted by molar-refractivity contribution is 0.0918. The van der Waals surface area contributed by atoms with Crippen LogP contribution >= 0.6 is 0 Å². The van der Waals surface area contributed by atoms with Gasteiger partial charge in [0.25, 0.3) is 11.8 Å². The number of carbonyl (C=O) groups is 2. The van der Waals surface area contributed by atoms with Gasteiger partial charge in [0.2, 0.25) is 0 Å². The fraction of sp³-hybridized carbons (Fsp3) is 0.250. The second-order valence-corrected chi connectivity index (χ2v) is 4.99. The Hall–Kier alpha value is -3.16. The number of primary amides is 1. The number of hydrogen-bond donors (Lipinski definition) is 2. The number of benzene rings is 1.